The monoisotopic (exact) mass is 584 g/mol. The van der Waals surface area contributed by atoms with E-state index in [4.69, 9.17) is 19.4 Å². The van der Waals surface area contributed by atoms with Crippen molar-refractivity contribution in [3.05, 3.63) is 84.2 Å². The largest absolute Gasteiger partial charge is 0.472 e. The van der Waals surface area contributed by atoms with Crippen LogP contribution in [-0.2, 0) is 26.3 Å². The summed E-state index contributed by atoms with van der Waals surface area (Å²) in [4.78, 5) is 18.6. The van der Waals surface area contributed by atoms with E-state index < -0.39 is 0 Å². The molecule has 0 aliphatic rings. The molecule has 0 radical (unpaired) electrons. The molecule has 10 nitrogen and oxygen atoms in total. The van der Waals surface area contributed by atoms with Gasteiger partial charge in [-0.3, -0.25) is 0 Å². The number of ether oxygens (including phenoxy) is 2. The summed E-state index contributed by atoms with van der Waals surface area (Å²) in [5.74, 6) is 1.08. The molecule has 0 N–H and O–H groups in total. The molecular weight excluding hydrogens is 557 g/mol. The van der Waals surface area contributed by atoms with Crippen molar-refractivity contribution in [3.8, 4) is 11.8 Å². The van der Waals surface area contributed by atoms with Crippen LogP contribution in [0, 0.1) is 0 Å². The maximum atomic E-state index is 6.09. The molecule has 0 atom stereocenters. The third-order valence-corrected chi connectivity index (χ3v) is 7.52. The topological polar surface area (TPSA) is 106 Å². The summed E-state index contributed by atoms with van der Waals surface area (Å²) in [5.41, 5.74) is 3.65. The molecule has 0 fully saturated rings. The first kappa shape index (κ1) is 27.0. The zero-order chi connectivity index (χ0) is 28.0. The van der Waals surface area contributed by atoms with Gasteiger partial charge in [-0.25, -0.2) is 19.3 Å². The molecule has 0 unspecified atom stereocenters. The quantitative estimate of drug-likeness (QED) is 0.132. The van der Waals surface area contributed by atoms with E-state index in [2.05, 4.69) is 20.2 Å². The van der Waals surface area contributed by atoms with Crippen molar-refractivity contribution in [1.29, 1.82) is 0 Å². The maximum Gasteiger partial charge on any atom is 0.229 e. The fourth-order valence-electron chi connectivity index (χ4n) is 4.37. The first-order chi connectivity index (χ1) is 20.2. The van der Waals surface area contributed by atoms with E-state index in [1.807, 2.05) is 82.5 Å². The number of rotatable bonds is 12. The van der Waals surface area contributed by atoms with Crippen molar-refractivity contribution in [3.63, 3.8) is 0 Å². The normalized spacial score (nSPS) is 11.4. The lowest BCUT2D eigenvalue weighted by atomic mass is 10.2. The third kappa shape index (κ3) is 6.13. The number of thioether (sulfide) groups is 2. The van der Waals surface area contributed by atoms with E-state index in [0.29, 0.717) is 48.4 Å². The van der Waals surface area contributed by atoms with Gasteiger partial charge < -0.3 is 9.47 Å². The van der Waals surface area contributed by atoms with Gasteiger partial charge in [0.15, 0.2) is 21.6 Å². The molecule has 4 heterocycles. The molecular formula is C29H28N8O2S2. The maximum absolute atomic E-state index is 6.09. The Hall–Kier alpha value is -4.16. The minimum absolute atomic E-state index is 0.426. The fourth-order valence-corrected chi connectivity index (χ4v) is 5.08. The lowest BCUT2D eigenvalue weighted by Crippen LogP contribution is -2.08. The molecule has 12 heteroatoms. The Balaban J connectivity index is 1.18. The van der Waals surface area contributed by atoms with Crippen molar-refractivity contribution < 1.29 is 9.47 Å². The number of benzene rings is 2. The summed E-state index contributed by atoms with van der Waals surface area (Å²) >= 11 is 2.95. The minimum Gasteiger partial charge on any atom is -0.472 e. The number of aryl methyl sites for hydroxylation is 2. The van der Waals surface area contributed by atoms with Gasteiger partial charge in [-0.05, 0) is 30.1 Å². The van der Waals surface area contributed by atoms with Gasteiger partial charge in [-0.1, -0.05) is 84.2 Å². The minimum atomic E-state index is 0.426. The first-order valence-electron chi connectivity index (χ1n) is 13.1. The summed E-state index contributed by atoms with van der Waals surface area (Å²) in [5, 5.41) is 12.1. The van der Waals surface area contributed by atoms with Crippen LogP contribution in [0.2, 0.25) is 0 Å². The Morgan fingerprint density at radius 2 is 1.05 bits per heavy atom. The van der Waals surface area contributed by atoms with Gasteiger partial charge in [-0.15, -0.1) is 0 Å². The number of fused-ring (bicyclic) bond motifs is 2. The molecule has 6 aromatic rings. The fraction of sp³-hybridized carbons (Fsp3) is 0.241. The molecule has 0 amide bonds. The second-order valence-corrected chi connectivity index (χ2v) is 10.7. The zero-order valence-corrected chi connectivity index (χ0v) is 24.3. The van der Waals surface area contributed by atoms with Crippen LogP contribution in [0.1, 0.15) is 17.5 Å². The van der Waals surface area contributed by atoms with Gasteiger partial charge in [0, 0.05) is 13.1 Å². The van der Waals surface area contributed by atoms with E-state index in [1.54, 1.807) is 12.4 Å². The molecule has 0 saturated heterocycles. The average Bonchev–Trinajstić information content (AvgIpc) is 3.63. The number of hydrogen-bond donors (Lipinski definition) is 0. The van der Waals surface area contributed by atoms with Gasteiger partial charge >= 0.3 is 0 Å². The van der Waals surface area contributed by atoms with Crippen LogP contribution in [0.15, 0.2) is 83.4 Å². The standard InChI is InChI=1S/C29H28N8O2S2/c1-40-28-32-24-22(26(34-28)38-18-20-10-5-3-6-11-20)16-30-36(24)14-9-15-37-25-23(17-31-37)27(35-29(33-25)41-2)39-19-21-12-7-4-8-13-21/h3-8,10-13,16-17H,9,14-15,18-19H2,1-2H3. The van der Waals surface area contributed by atoms with Crippen LogP contribution in [0.3, 0.4) is 0 Å². The highest BCUT2D eigenvalue weighted by atomic mass is 32.2. The van der Waals surface area contributed by atoms with Crippen LogP contribution in [0.25, 0.3) is 22.1 Å². The van der Waals surface area contributed by atoms with E-state index in [9.17, 15) is 0 Å². The molecule has 208 valence electrons. The third-order valence-electron chi connectivity index (χ3n) is 6.42. The SMILES string of the molecule is CSc1nc(OCc2ccccc2)c2cnn(CCCn3ncc4c(OCc5ccccc5)nc(SC)nc43)c2n1. The highest BCUT2D eigenvalue weighted by molar-refractivity contribution is 7.98. The molecule has 41 heavy (non-hydrogen) atoms. The second-order valence-electron chi connectivity index (χ2n) is 9.14. The molecule has 0 aliphatic heterocycles. The molecule has 0 aliphatic carbocycles. The molecule has 0 saturated carbocycles. The van der Waals surface area contributed by atoms with Crippen LogP contribution < -0.4 is 9.47 Å². The lowest BCUT2D eigenvalue weighted by molar-refractivity contribution is 0.295. The zero-order valence-electron chi connectivity index (χ0n) is 22.7. The Kier molecular flexibility index (Phi) is 8.28. The van der Waals surface area contributed by atoms with Crippen molar-refractivity contribution in [2.45, 2.75) is 43.0 Å². The first-order valence-corrected chi connectivity index (χ1v) is 15.6. The van der Waals surface area contributed by atoms with Gasteiger partial charge in [0.05, 0.1) is 12.4 Å². The predicted octanol–water partition coefficient (Wildman–Crippen LogP) is 5.66. The van der Waals surface area contributed by atoms with Crippen LogP contribution in [-0.4, -0.2) is 52.0 Å². The van der Waals surface area contributed by atoms with Gasteiger partial charge in [0.2, 0.25) is 11.8 Å². The molecule has 6 rings (SSSR count). The highest BCUT2D eigenvalue weighted by Gasteiger charge is 2.16. The lowest BCUT2D eigenvalue weighted by Gasteiger charge is -2.09. The molecule has 2 aromatic carbocycles. The Bertz CT molecular complexity index is 1630. The number of nitrogens with zero attached hydrogens (tertiary/aromatic N) is 8. The van der Waals surface area contributed by atoms with Crippen molar-refractivity contribution in [2.75, 3.05) is 12.5 Å². The second kappa shape index (κ2) is 12.6. The van der Waals surface area contributed by atoms with E-state index >= 15 is 0 Å². The number of hydrogen-bond acceptors (Lipinski definition) is 10. The average molecular weight is 585 g/mol. The van der Waals surface area contributed by atoms with Gasteiger partial charge in [0.25, 0.3) is 0 Å². The number of aromatic nitrogens is 8. The van der Waals surface area contributed by atoms with Crippen LogP contribution in [0.4, 0.5) is 0 Å². The summed E-state index contributed by atoms with van der Waals surface area (Å²) in [7, 11) is 0. The van der Waals surface area contributed by atoms with E-state index in [0.717, 1.165) is 39.6 Å². The van der Waals surface area contributed by atoms with Crippen molar-refractivity contribution in [1.82, 2.24) is 39.5 Å². The molecule has 0 bridgehead atoms. The summed E-state index contributed by atoms with van der Waals surface area (Å²) < 4.78 is 16.0. The van der Waals surface area contributed by atoms with Gasteiger partial charge in [-0.2, -0.15) is 20.2 Å². The van der Waals surface area contributed by atoms with Gasteiger partial charge in [0.1, 0.15) is 24.0 Å². The smallest absolute Gasteiger partial charge is 0.229 e. The highest BCUT2D eigenvalue weighted by Crippen LogP contribution is 2.28. The van der Waals surface area contributed by atoms with Crippen LogP contribution >= 0.6 is 23.5 Å². The van der Waals surface area contributed by atoms with E-state index in [-0.39, 0.29) is 0 Å². The summed E-state index contributed by atoms with van der Waals surface area (Å²) in [6.07, 6.45) is 8.22. The van der Waals surface area contributed by atoms with E-state index in [1.165, 1.54) is 23.5 Å². The molecule has 4 aromatic heterocycles. The van der Waals surface area contributed by atoms with Crippen LogP contribution in [0.5, 0.6) is 11.8 Å². The summed E-state index contributed by atoms with van der Waals surface area (Å²) in [6.45, 7) is 2.14. The van der Waals surface area contributed by atoms with Crippen molar-refractivity contribution >= 4 is 45.6 Å². The predicted molar refractivity (Wildman–Crippen MR) is 160 cm³/mol. The summed E-state index contributed by atoms with van der Waals surface area (Å²) in [6, 6.07) is 20.1. The Morgan fingerprint density at radius 1 is 0.610 bits per heavy atom. The Labute approximate surface area is 245 Å². The Morgan fingerprint density at radius 3 is 1.46 bits per heavy atom. The molecule has 0 spiro atoms. The van der Waals surface area contributed by atoms with Crippen molar-refractivity contribution in [2.24, 2.45) is 0 Å².